The van der Waals surface area contributed by atoms with E-state index in [-0.39, 0.29) is 11.7 Å². The maximum Gasteiger partial charge on any atom is 0.168 e. The van der Waals surface area contributed by atoms with Crippen molar-refractivity contribution in [3.8, 4) is 6.07 Å². The number of pyridine rings is 1. The molecule has 3 aromatic rings. The second-order valence-corrected chi connectivity index (χ2v) is 4.21. The van der Waals surface area contributed by atoms with E-state index in [4.69, 9.17) is 16.9 Å². The van der Waals surface area contributed by atoms with Crippen molar-refractivity contribution in [1.29, 1.82) is 5.26 Å². The molecule has 0 N–H and O–H groups in total. The van der Waals surface area contributed by atoms with Crippen LogP contribution in [-0.2, 0) is 6.54 Å². The van der Waals surface area contributed by atoms with E-state index in [9.17, 15) is 4.79 Å². The largest absolute Gasteiger partial charge is 0.321 e. The van der Waals surface area contributed by atoms with Crippen molar-refractivity contribution < 1.29 is 4.79 Å². The smallest absolute Gasteiger partial charge is 0.168 e. The van der Waals surface area contributed by atoms with Crippen LogP contribution < -0.4 is 0 Å². The molecule has 0 atom stereocenters. The van der Waals surface area contributed by atoms with Gasteiger partial charge < -0.3 is 4.57 Å². The van der Waals surface area contributed by atoms with Crippen molar-refractivity contribution in [2.75, 3.05) is 0 Å². The van der Waals surface area contributed by atoms with Gasteiger partial charge in [0.15, 0.2) is 11.4 Å². The first kappa shape index (κ1) is 11.6. The van der Waals surface area contributed by atoms with Gasteiger partial charge in [0.25, 0.3) is 0 Å². The predicted molar refractivity (Wildman–Crippen MR) is 68.8 cm³/mol. The Morgan fingerprint density at radius 3 is 3.00 bits per heavy atom. The molecule has 92 valence electrons. The first-order chi connectivity index (χ1) is 9.26. The van der Waals surface area contributed by atoms with Crippen LogP contribution >= 0.6 is 11.6 Å². The zero-order chi connectivity index (χ0) is 13.4. The molecule has 0 bridgehead atoms. The normalized spacial score (nSPS) is 10.7. The van der Waals surface area contributed by atoms with E-state index in [0.717, 1.165) is 5.39 Å². The van der Waals surface area contributed by atoms with Gasteiger partial charge in [0.05, 0.1) is 17.8 Å². The van der Waals surface area contributed by atoms with Gasteiger partial charge in [0.2, 0.25) is 0 Å². The van der Waals surface area contributed by atoms with Gasteiger partial charge in [0.1, 0.15) is 29.6 Å². The predicted octanol–water partition coefficient (Wildman–Crippen LogP) is 1.97. The van der Waals surface area contributed by atoms with Crippen LogP contribution in [0, 0.1) is 11.3 Å². The molecule has 7 heteroatoms. The molecule has 19 heavy (non-hydrogen) atoms. The quantitative estimate of drug-likeness (QED) is 0.525. The van der Waals surface area contributed by atoms with Gasteiger partial charge in [-0.1, -0.05) is 11.6 Å². The van der Waals surface area contributed by atoms with Crippen molar-refractivity contribution in [2.24, 2.45) is 0 Å². The highest BCUT2D eigenvalue weighted by atomic mass is 35.5. The maximum absolute atomic E-state index is 10.8. The van der Waals surface area contributed by atoms with Gasteiger partial charge in [-0.2, -0.15) is 5.26 Å². The summed E-state index contributed by atoms with van der Waals surface area (Å²) in [5.41, 5.74) is 2.18. The van der Waals surface area contributed by atoms with E-state index < -0.39 is 0 Å². The fraction of sp³-hybridized carbons (Fsp3) is 0.0833. The zero-order valence-corrected chi connectivity index (χ0v) is 10.3. The summed E-state index contributed by atoms with van der Waals surface area (Å²) in [6.45, 7) is 0.106. The molecule has 6 nitrogen and oxygen atoms in total. The molecule has 3 aromatic heterocycles. The summed E-state index contributed by atoms with van der Waals surface area (Å²) in [5, 5.41) is 9.91. The third-order valence-corrected chi connectivity index (χ3v) is 3.12. The molecule has 0 unspecified atom stereocenters. The molecule has 0 spiro atoms. The SMILES string of the molecule is N#CCn1c2cnc(C=O)cc2c2ncnc(Cl)c21. The van der Waals surface area contributed by atoms with Crippen LogP contribution in [0.2, 0.25) is 5.15 Å². The lowest BCUT2D eigenvalue weighted by Crippen LogP contribution is -1.97. The highest BCUT2D eigenvalue weighted by Crippen LogP contribution is 2.30. The average Bonchev–Trinajstić information content (AvgIpc) is 2.75. The van der Waals surface area contributed by atoms with Crippen LogP contribution in [0.15, 0.2) is 18.6 Å². The number of hydrogen-bond donors (Lipinski definition) is 0. The minimum Gasteiger partial charge on any atom is -0.321 e. The number of hydrogen-bond acceptors (Lipinski definition) is 5. The fourth-order valence-electron chi connectivity index (χ4n) is 2.08. The Balaban J connectivity index is 2.54. The van der Waals surface area contributed by atoms with E-state index in [1.807, 2.05) is 0 Å². The van der Waals surface area contributed by atoms with Gasteiger partial charge in [0, 0.05) is 5.39 Å². The van der Waals surface area contributed by atoms with Crippen molar-refractivity contribution in [3.63, 3.8) is 0 Å². The van der Waals surface area contributed by atoms with Crippen LogP contribution in [0.4, 0.5) is 0 Å². The van der Waals surface area contributed by atoms with E-state index >= 15 is 0 Å². The highest BCUT2D eigenvalue weighted by molar-refractivity contribution is 6.34. The number of fused-ring (bicyclic) bond motifs is 3. The Labute approximate surface area is 112 Å². The number of rotatable bonds is 2. The summed E-state index contributed by atoms with van der Waals surface area (Å²) in [7, 11) is 0. The Bertz CT molecular complexity index is 849. The summed E-state index contributed by atoms with van der Waals surface area (Å²) in [6, 6.07) is 3.69. The number of nitriles is 1. The molecule has 3 heterocycles. The van der Waals surface area contributed by atoms with Crippen LogP contribution in [0.25, 0.3) is 21.9 Å². The van der Waals surface area contributed by atoms with Crippen LogP contribution in [-0.4, -0.2) is 25.8 Å². The van der Waals surface area contributed by atoms with Gasteiger partial charge >= 0.3 is 0 Å². The van der Waals surface area contributed by atoms with E-state index in [2.05, 4.69) is 21.0 Å². The van der Waals surface area contributed by atoms with Gasteiger partial charge in [-0.25, -0.2) is 9.97 Å². The second-order valence-electron chi connectivity index (χ2n) is 3.85. The van der Waals surface area contributed by atoms with Crippen molar-refractivity contribution >= 4 is 39.8 Å². The average molecular weight is 272 g/mol. The molecule has 0 radical (unpaired) electrons. The number of nitrogens with zero attached hydrogens (tertiary/aromatic N) is 5. The topological polar surface area (TPSA) is 84.5 Å². The highest BCUT2D eigenvalue weighted by Gasteiger charge is 2.15. The minimum atomic E-state index is 0.106. The molecular weight excluding hydrogens is 266 g/mol. The number of aldehydes is 1. The lowest BCUT2D eigenvalue weighted by atomic mass is 10.2. The second kappa shape index (κ2) is 4.30. The Kier molecular flexibility index (Phi) is 2.62. The molecule has 0 saturated heterocycles. The number of carbonyl (C=O) groups is 1. The number of carbonyl (C=O) groups excluding carboxylic acids is 1. The van der Waals surface area contributed by atoms with E-state index in [1.165, 1.54) is 12.5 Å². The Morgan fingerprint density at radius 2 is 2.26 bits per heavy atom. The van der Waals surface area contributed by atoms with Gasteiger partial charge in [-0.15, -0.1) is 0 Å². The van der Waals surface area contributed by atoms with Crippen molar-refractivity contribution in [2.45, 2.75) is 6.54 Å². The number of halogens is 1. The Hall–Kier alpha value is -2.52. The van der Waals surface area contributed by atoms with Gasteiger partial charge in [-0.05, 0) is 6.07 Å². The molecule has 0 amide bonds. The first-order valence-electron chi connectivity index (χ1n) is 5.37. The maximum atomic E-state index is 10.8. The minimum absolute atomic E-state index is 0.106. The molecule has 0 aliphatic carbocycles. The van der Waals surface area contributed by atoms with E-state index in [1.54, 1.807) is 10.6 Å². The molecule has 0 saturated carbocycles. The van der Waals surface area contributed by atoms with Crippen LogP contribution in [0.3, 0.4) is 0 Å². The van der Waals surface area contributed by atoms with E-state index in [0.29, 0.717) is 28.5 Å². The lowest BCUT2D eigenvalue weighted by Gasteiger charge is -2.01. The molecule has 0 aromatic carbocycles. The zero-order valence-electron chi connectivity index (χ0n) is 9.54. The molecule has 0 aliphatic heterocycles. The molecular formula is C12H6ClN5O. The standard InChI is InChI=1S/C12H6ClN5O/c13-12-11-10(16-6-17-12)8-3-7(5-19)15-4-9(8)18(11)2-1-14/h3-6H,2H2. The third kappa shape index (κ3) is 1.63. The third-order valence-electron chi connectivity index (χ3n) is 2.85. The number of aromatic nitrogens is 4. The molecule has 0 fully saturated rings. The summed E-state index contributed by atoms with van der Waals surface area (Å²) in [6.07, 6.45) is 3.55. The summed E-state index contributed by atoms with van der Waals surface area (Å²) < 4.78 is 1.69. The fourth-order valence-corrected chi connectivity index (χ4v) is 2.32. The van der Waals surface area contributed by atoms with Crippen LogP contribution in [0.1, 0.15) is 10.5 Å². The summed E-state index contributed by atoms with van der Waals surface area (Å²) >= 11 is 6.07. The van der Waals surface area contributed by atoms with Crippen LogP contribution in [0.5, 0.6) is 0 Å². The molecule has 0 aliphatic rings. The Morgan fingerprint density at radius 1 is 1.42 bits per heavy atom. The lowest BCUT2D eigenvalue weighted by molar-refractivity contribution is 0.111. The van der Waals surface area contributed by atoms with Crippen molar-refractivity contribution in [3.05, 3.63) is 29.4 Å². The van der Waals surface area contributed by atoms with Gasteiger partial charge in [-0.3, -0.25) is 9.78 Å². The first-order valence-corrected chi connectivity index (χ1v) is 5.74. The summed E-state index contributed by atoms with van der Waals surface area (Å²) in [5.74, 6) is 0. The van der Waals surface area contributed by atoms with Crippen molar-refractivity contribution in [1.82, 2.24) is 19.5 Å². The monoisotopic (exact) mass is 271 g/mol. The molecule has 3 rings (SSSR count). The summed E-state index contributed by atoms with van der Waals surface area (Å²) in [4.78, 5) is 22.9.